The first-order valence-corrected chi connectivity index (χ1v) is 7.92. The number of amides is 1. The van der Waals surface area contributed by atoms with Crippen LogP contribution in [-0.4, -0.2) is 69.0 Å². The first-order chi connectivity index (χ1) is 10.00. The minimum Gasteiger partial charge on any atom is -0.380 e. The molecule has 0 aliphatic rings. The molecule has 0 saturated heterocycles. The van der Waals surface area contributed by atoms with Crippen molar-refractivity contribution in [1.29, 1.82) is 0 Å². The maximum absolute atomic E-state index is 11.8. The molecule has 126 valence electrons. The van der Waals surface area contributed by atoms with Gasteiger partial charge < -0.3 is 20.5 Å². The van der Waals surface area contributed by atoms with Gasteiger partial charge in [-0.25, -0.2) is 0 Å². The Morgan fingerprint density at radius 2 is 1.67 bits per heavy atom. The van der Waals surface area contributed by atoms with E-state index < -0.39 is 5.54 Å². The van der Waals surface area contributed by atoms with Crippen LogP contribution in [0.4, 0.5) is 0 Å². The van der Waals surface area contributed by atoms with E-state index in [1.54, 1.807) is 0 Å². The molecule has 0 aliphatic carbocycles. The molecule has 1 unspecified atom stereocenters. The number of hydrogen-bond acceptors (Lipinski definition) is 5. The first-order valence-electron chi connectivity index (χ1n) is 7.92. The van der Waals surface area contributed by atoms with Crippen LogP contribution < -0.4 is 11.1 Å². The molecule has 0 radical (unpaired) electrons. The maximum atomic E-state index is 11.8. The highest BCUT2D eigenvalue weighted by molar-refractivity contribution is 5.84. The Morgan fingerprint density at radius 1 is 1.14 bits per heavy atom. The maximum Gasteiger partial charge on any atom is 0.238 e. The van der Waals surface area contributed by atoms with E-state index in [0.29, 0.717) is 33.0 Å². The molecule has 3 N–H and O–H groups in total. The van der Waals surface area contributed by atoms with Crippen LogP contribution in [0.25, 0.3) is 0 Å². The number of nitrogens with zero attached hydrogens (tertiary/aromatic N) is 1. The third-order valence-corrected chi connectivity index (χ3v) is 3.36. The fraction of sp³-hybridized carbons (Fsp3) is 0.933. The molecule has 0 fully saturated rings. The van der Waals surface area contributed by atoms with Crippen molar-refractivity contribution in [2.24, 2.45) is 5.73 Å². The lowest BCUT2D eigenvalue weighted by Gasteiger charge is -2.34. The fourth-order valence-corrected chi connectivity index (χ4v) is 2.01. The summed E-state index contributed by atoms with van der Waals surface area (Å²) in [5, 5.41) is 3.26. The van der Waals surface area contributed by atoms with Crippen LogP contribution in [0.2, 0.25) is 0 Å². The molecule has 6 nitrogen and oxygen atoms in total. The molecule has 0 rings (SSSR count). The number of rotatable bonds is 14. The molecule has 0 heterocycles. The largest absolute Gasteiger partial charge is 0.380 e. The van der Waals surface area contributed by atoms with Crippen LogP contribution in [0.15, 0.2) is 0 Å². The topological polar surface area (TPSA) is 76.8 Å². The molecular weight excluding hydrogens is 270 g/mol. The Kier molecular flexibility index (Phi) is 11.5. The van der Waals surface area contributed by atoms with Crippen LogP contribution in [0.3, 0.4) is 0 Å². The second-order valence-electron chi connectivity index (χ2n) is 5.29. The summed E-state index contributed by atoms with van der Waals surface area (Å²) in [6.07, 6.45) is 0.959. The van der Waals surface area contributed by atoms with Gasteiger partial charge in [-0.3, -0.25) is 9.69 Å². The van der Waals surface area contributed by atoms with Gasteiger partial charge in [0.05, 0.1) is 13.2 Å². The zero-order valence-electron chi connectivity index (χ0n) is 14.1. The van der Waals surface area contributed by atoms with E-state index in [9.17, 15) is 4.79 Å². The van der Waals surface area contributed by atoms with Gasteiger partial charge in [0, 0.05) is 32.8 Å². The number of carbonyl (C=O) groups is 1. The minimum atomic E-state index is -0.728. The molecule has 0 aromatic rings. The van der Waals surface area contributed by atoms with E-state index in [2.05, 4.69) is 17.1 Å². The number of nitrogens with two attached hydrogens (primary N) is 1. The number of ether oxygens (including phenoxy) is 2. The lowest BCUT2D eigenvalue weighted by Crippen LogP contribution is -2.60. The second kappa shape index (κ2) is 11.9. The minimum absolute atomic E-state index is 0.325. The van der Waals surface area contributed by atoms with Crippen molar-refractivity contribution < 1.29 is 14.3 Å². The number of primary amides is 1. The summed E-state index contributed by atoms with van der Waals surface area (Å²) in [6, 6.07) is 0. The van der Waals surface area contributed by atoms with Crippen molar-refractivity contribution in [2.45, 2.75) is 39.7 Å². The van der Waals surface area contributed by atoms with Crippen LogP contribution in [-0.2, 0) is 14.3 Å². The Balaban J connectivity index is 4.57. The number of nitrogens with one attached hydrogen (secondary N) is 1. The average molecular weight is 303 g/mol. The summed E-state index contributed by atoms with van der Waals surface area (Å²) >= 11 is 0. The molecule has 0 saturated carbocycles. The third-order valence-electron chi connectivity index (χ3n) is 3.36. The van der Waals surface area contributed by atoms with Gasteiger partial charge >= 0.3 is 0 Å². The van der Waals surface area contributed by atoms with E-state index in [1.165, 1.54) is 0 Å². The number of hydrogen-bond donors (Lipinski definition) is 2. The molecule has 6 heteroatoms. The lowest BCUT2D eigenvalue weighted by molar-refractivity contribution is -0.124. The van der Waals surface area contributed by atoms with Gasteiger partial charge in [0.1, 0.15) is 5.54 Å². The van der Waals surface area contributed by atoms with Gasteiger partial charge in [-0.2, -0.15) is 0 Å². The van der Waals surface area contributed by atoms with Crippen molar-refractivity contribution in [1.82, 2.24) is 10.2 Å². The van der Waals surface area contributed by atoms with Crippen molar-refractivity contribution in [3.8, 4) is 0 Å². The summed E-state index contributed by atoms with van der Waals surface area (Å²) in [5.74, 6) is -0.325. The van der Waals surface area contributed by atoms with E-state index >= 15 is 0 Å². The monoisotopic (exact) mass is 303 g/mol. The van der Waals surface area contributed by atoms with Crippen LogP contribution >= 0.6 is 0 Å². The quantitative estimate of drug-likeness (QED) is 0.460. The third kappa shape index (κ3) is 9.03. The highest BCUT2D eigenvalue weighted by Gasteiger charge is 2.32. The zero-order valence-corrected chi connectivity index (χ0v) is 14.1. The van der Waals surface area contributed by atoms with Gasteiger partial charge in [0.15, 0.2) is 0 Å². The van der Waals surface area contributed by atoms with E-state index in [0.717, 1.165) is 26.1 Å². The first kappa shape index (κ1) is 20.3. The van der Waals surface area contributed by atoms with Gasteiger partial charge in [0.2, 0.25) is 5.91 Å². The van der Waals surface area contributed by atoms with Gasteiger partial charge in [-0.05, 0) is 33.7 Å². The molecule has 21 heavy (non-hydrogen) atoms. The molecule has 0 bridgehead atoms. The highest BCUT2D eigenvalue weighted by Crippen LogP contribution is 2.07. The summed E-state index contributed by atoms with van der Waals surface area (Å²) in [4.78, 5) is 14.0. The summed E-state index contributed by atoms with van der Waals surface area (Å²) < 4.78 is 10.8. The van der Waals surface area contributed by atoms with Crippen LogP contribution in [0, 0.1) is 0 Å². The summed E-state index contributed by atoms with van der Waals surface area (Å²) in [6.45, 7) is 13.4. The molecule has 0 spiro atoms. The number of carbonyl (C=O) groups excluding carboxylic acids is 1. The second-order valence-corrected chi connectivity index (χ2v) is 5.29. The van der Waals surface area contributed by atoms with Gasteiger partial charge in [0.25, 0.3) is 0 Å². The van der Waals surface area contributed by atoms with Crippen LogP contribution in [0.5, 0.6) is 0 Å². The summed E-state index contributed by atoms with van der Waals surface area (Å²) in [5.41, 5.74) is 4.85. The molecule has 1 amide bonds. The molecule has 1 atom stereocenters. The molecule has 0 aromatic heterocycles. The van der Waals surface area contributed by atoms with Gasteiger partial charge in [-0.1, -0.05) is 6.92 Å². The van der Waals surface area contributed by atoms with Crippen molar-refractivity contribution in [3.63, 3.8) is 0 Å². The SMILES string of the molecule is CCCNC(C)(CN(CCOCC)CCOCC)C(N)=O. The Labute approximate surface area is 129 Å². The molecule has 0 aliphatic heterocycles. The summed E-state index contributed by atoms with van der Waals surface area (Å²) in [7, 11) is 0. The Morgan fingerprint density at radius 3 is 2.05 bits per heavy atom. The normalized spacial score (nSPS) is 14.3. The highest BCUT2D eigenvalue weighted by atomic mass is 16.5. The molecular formula is C15H33N3O3. The molecule has 0 aromatic carbocycles. The zero-order chi connectivity index (χ0) is 16.1. The van der Waals surface area contributed by atoms with E-state index in [-0.39, 0.29) is 5.91 Å². The standard InChI is InChI=1S/C15H33N3O3/c1-5-8-17-15(4,14(16)19)13-18(9-11-20-6-2)10-12-21-7-3/h17H,5-13H2,1-4H3,(H2,16,19). The predicted octanol–water partition coefficient (Wildman–Crippen LogP) is 0.605. The van der Waals surface area contributed by atoms with Crippen molar-refractivity contribution in [3.05, 3.63) is 0 Å². The fourth-order valence-electron chi connectivity index (χ4n) is 2.01. The Bertz CT molecular complexity index is 267. The van der Waals surface area contributed by atoms with Crippen LogP contribution in [0.1, 0.15) is 34.1 Å². The lowest BCUT2D eigenvalue weighted by atomic mass is 10.0. The van der Waals surface area contributed by atoms with Crippen molar-refractivity contribution >= 4 is 5.91 Å². The van der Waals surface area contributed by atoms with Crippen molar-refractivity contribution in [2.75, 3.05) is 52.6 Å². The van der Waals surface area contributed by atoms with E-state index in [4.69, 9.17) is 15.2 Å². The predicted molar refractivity (Wildman–Crippen MR) is 85.3 cm³/mol. The van der Waals surface area contributed by atoms with E-state index in [1.807, 2.05) is 20.8 Å². The smallest absolute Gasteiger partial charge is 0.238 e. The van der Waals surface area contributed by atoms with Gasteiger partial charge in [-0.15, -0.1) is 0 Å². The average Bonchev–Trinajstić information content (AvgIpc) is 2.45. The Hall–Kier alpha value is -0.690.